The van der Waals surface area contributed by atoms with Gasteiger partial charge in [-0.2, -0.15) is 0 Å². The second kappa shape index (κ2) is 59.0. The predicted octanol–water partition coefficient (Wildman–Crippen LogP) is 0.537. The van der Waals surface area contributed by atoms with Crippen molar-refractivity contribution in [3.05, 3.63) is 0 Å². The normalized spacial score (nSPS) is 19.9. The average molecular weight is 1710 g/mol. The average Bonchev–Trinajstić information content (AvgIpc) is 0.790. The number of carbonyl (C=O) groups excluding carboxylic acids is 17. The second-order valence-corrected chi connectivity index (χ2v) is 28.4. The molecular formula is C77H124N8O34. The van der Waals surface area contributed by atoms with E-state index < -0.39 is 212 Å². The van der Waals surface area contributed by atoms with Crippen molar-refractivity contribution < 1.29 is 163 Å². The number of carboxylic acid groups (broad SMARTS) is 1. The summed E-state index contributed by atoms with van der Waals surface area (Å²) in [6, 6.07) is -5.32. The number of nitrogens with zero attached hydrogens (tertiary/aromatic N) is 1. The lowest BCUT2D eigenvalue weighted by molar-refractivity contribution is -0.277. The second-order valence-electron chi connectivity index (χ2n) is 28.4. The Morgan fingerprint density at radius 1 is 0.395 bits per heavy atom. The molecule has 2 saturated heterocycles. The highest BCUT2D eigenvalue weighted by atomic mass is 16.7. The molecule has 42 heteroatoms. The number of aliphatic hydroxyl groups is 1. The van der Waals surface area contributed by atoms with Gasteiger partial charge in [0.25, 0.3) is 0 Å². The van der Waals surface area contributed by atoms with E-state index >= 15 is 0 Å². The summed E-state index contributed by atoms with van der Waals surface area (Å²) < 4.78 is 77.8. The van der Waals surface area contributed by atoms with Crippen molar-refractivity contribution in [1.82, 2.24) is 42.1 Å². The van der Waals surface area contributed by atoms with Gasteiger partial charge in [0, 0.05) is 174 Å². The molecule has 0 radical (unpaired) electrons. The van der Waals surface area contributed by atoms with Crippen LogP contribution in [0.5, 0.6) is 0 Å². The van der Waals surface area contributed by atoms with E-state index in [1.807, 2.05) is 0 Å². The maximum Gasteiger partial charge on any atom is 0.303 e. The monoisotopic (exact) mass is 1700 g/mol. The van der Waals surface area contributed by atoms with Gasteiger partial charge in [-0.25, -0.2) is 0 Å². The smallest absolute Gasteiger partial charge is 0.303 e. The lowest BCUT2D eigenvalue weighted by Gasteiger charge is -2.44. The van der Waals surface area contributed by atoms with Gasteiger partial charge in [0.15, 0.2) is 49.4 Å². The number of aliphatic carboxylic acids is 1. The minimum Gasteiger partial charge on any atom is -0.481 e. The minimum atomic E-state index is -1.91. The summed E-state index contributed by atoms with van der Waals surface area (Å²) in [7, 11) is 0. The molecule has 15 atom stereocenters. The van der Waals surface area contributed by atoms with Crippen molar-refractivity contribution in [1.29, 1.82) is 0 Å². The molecule has 2 fully saturated rings. The molecule has 14 unspecified atom stereocenters. The fourth-order valence-electron chi connectivity index (χ4n) is 12.6. The molecule has 2 aliphatic rings. The fraction of sp³-hybridized carbons (Fsp3) is 0.766. The molecule has 676 valence electrons. The number of hydrogen-bond acceptors (Lipinski definition) is 33. The van der Waals surface area contributed by atoms with Gasteiger partial charge in [0.05, 0.1) is 6.61 Å². The number of hydrogen-bond donors (Lipinski definition) is 9. The number of nitrogens with one attached hydrogen (secondary N) is 7. The molecule has 0 aromatic heterocycles. The first-order chi connectivity index (χ1) is 56.3. The van der Waals surface area contributed by atoms with Gasteiger partial charge in [-0.05, 0) is 57.8 Å². The van der Waals surface area contributed by atoms with Crippen molar-refractivity contribution in [2.75, 3.05) is 72.4 Å². The van der Waals surface area contributed by atoms with Crippen molar-refractivity contribution in [3.8, 4) is 0 Å². The number of carbonyl (C=O) groups is 18. The highest BCUT2D eigenvalue weighted by molar-refractivity contribution is 5.88. The van der Waals surface area contributed by atoms with Crippen LogP contribution in [-0.4, -0.2) is 286 Å². The van der Waals surface area contributed by atoms with Crippen LogP contribution >= 0.6 is 0 Å². The number of unbranched alkanes of at least 4 members (excludes halogenated alkanes) is 10. The summed E-state index contributed by atoms with van der Waals surface area (Å²) in [5, 5.41) is 39.0. The van der Waals surface area contributed by atoms with Gasteiger partial charge in [0.2, 0.25) is 47.3 Å². The molecule has 0 aliphatic carbocycles. The van der Waals surface area contributed by atoms with E-state index in [2.05, 4.69) is 37.2 Å². The van der Waals surface area contributed by atoms with Gasteiger partial charge in [-0.3, -0.25) is 86.3 Å². The zero-order chi connectivity index (χ0) is 89.1. The number of esters is 9. The lowest BCUT2D eigenvalue weighted by atomic mass is 9.96. The highest BCUT2D eigenvalue weighted by Crippen LogP contribution is 2.31. The number of amides is 8. The molecule has 0 saturated carbocycles. The van der Waals surface area contributed by atoms with Crippen LogP contribution in [0.25, 0.3) is 0 Å². The summed E-state index contributed by atoms with van der Waals surface area (Å²) >= 11 is 0. The molecule has 42 nitrogen and oxygen atoms in total. The molecule has 0 spiro atoms. The molecule has 9 N–H and O–H groups in total. The molecule has 0 aromatic rings. The largest absolute Gasteiger partial charge is 0.481 e. The molecule has 2 heterocycles. The topological polar surface area (TPSA) is 564 Å². The number of aliphatic hydroxyl groups excluding tert-OH is 1. The Bertz CT molecular complexity index is 3170. The Balaban J connectivity index is 2.40. The molecule has 0 bridgehead atoms. The summed E-state index contributed by atoms with van der Waals surface area (Å²) in [6.07, 6.45) is -9.49. The van der Waals surface area contributed by atoms with Crippen molar-refractivity contribution >= 4 is 107 Å². The molecule has 8 amide bonds. The van der Waals surface area contributed by atoms with E-state index in [0.717, 1.165) is 108 Å². The Kier molecular flexibility index (Phi) is 52.2. The Hall–Kier alpha value is -9.78. The van der Waals surface area contributed by atoms with Crippen LogP contribution in [0.1, 0.15) is 218 Å². The summed E-state index contributed by atoms with van der Waals surface area (Å²) in [5.74, 6) is -12.5. The van der Waals surface area contributed by atoms with Crippen molar-refractivity contribution in [3.63, 3.8) is 0 Å². The van der Waals surface area contributed by atoms with E-state index in [9.17, 15) is 91.4 Å². The zero-order valence-corrected chi connectivity index (χ0v) is 70.2. The summed E-state index contributed by atoms with van der Waals surface area (Å²) in [5.41, 5.74) is 0. The third kappa shape index (κ3) is 47.0. The van der Waals surface area contributed by atoms with Crippen molar-refractivity contribution in [2.24, 2.45) is 0 Å². The zero-order valence-electron chi connectivity index (χ0n) is 70.2. The molecular weight excluding hydrogens is 1580 g/mol. The highest BCUT2D eigenvalue weighted by Gasteiger charge is 2.53. The minimum absolute atomic E-state index is 0.0797. The molecule has 119 heavy (non-hydrogen) atoms. The number of ether oxygens (including phenoxy) is 14. The Morgan fingerprint density at radius 3 is 1.24 bits per heavy atom. The van der Waals surface area contributed by atoms with Crippen LogP contribution in [0, 0.1) is 0 Å². The summed E-state index contributed by atoms with van der Waals surface area (Å²) in [4.78, 5) is 228. The van der Waals surface area contributed by atoms with Gasteiger partial charge in [-0.15, -0.1) is 0 Å². The maximum absolute atomic E-state index is 14.5. The van der Waals surface area contributed by atoms with Crippen LogP contribution in [0.2, 0.25) is 0 Å². The van der Waals surface area contributed by atoms with Gasteiger partial charge in [-0.1, -0.05) is 38.5 Å². The molecule has 2 aliphatic heterocycles. The van der Waals surface area contributed by atoms with Crippen molar-refractivity contribution in [2.45, 2.75) is 310 Å². The fourth-order valence-corrected chi connectivity index (χ4v) is 12.6. The van der Waals surface area contributed by atoms with Gasteiger partial charge >= 0.3 is 59.7 Å². The van der Waals surface area contributed by atoms with E-state index in [0.29, 0.717) is 12.8 Å². The third-order valence-corrected chi connectivity index (χ3v) is 17.8. The first-order valence-corrected chi connectivity index (χ1v) is 40.0. The van der Waals surface area contributed by atoms with Crippen LogP contribution in [0.3, 0.4) is 0 Å². The maximum atomic E-state index is 14.5. The standard InChI is InChI=1S/C77H124N8O34/c1-45(86)81-66(69(113-52(8)93)58(112-51(7)92)33-42-106-48(4)89)75(105)107-39-24-22-29-63(100)84-57(74(104)80-34-23-18-16-14-13-15-17-19-30-65(102)103)31-32-64(101)85(37-35-78-61(98)27-20-25-40-108-76-67(82-46(2)87)72(116-55(11)96)70(114-53(9)94)59(118-76)43-110-49(5)90)38-36-79-62(99)28-21-26-41-109-77-68(83-47(3)88)73(117-56(12)97)71(115-54(10)95)60(119-77)44-111-50(6)91/h57-60,66-73,75-77,105H,13-44H2,1-12H3,(H,78,98)(H,79,99)(H,80,104)(H,81,86)(H,82,87)(H,83,88)(H,84,100)(H,102,103)/t57-,58?,59?,60?,66?,67?,68?,69?,70?,71?,72?,73?,75?,76?,77?/m0/s1. The number of carboxylic acids is 1. The summed E-state index contributed by atoms with van der Waals surface area (Å²) in [6.45, 7) is 11.3. The SMILES string of the molecule is CC(=O)NC(C(O)OCCCCC(=O)N[C@@H](CCC(=O)N(CCNC(=O)CCCCOC1OC(COC(C)=O)C(OC(C)=O)C(OC(C)=O)C1NC(C)=O)CCNC(=O)CCCCOC1OC(COC(C)=O)C(OC(C)=O)C(OC(C)=O)C1NC(C)=O)C(=O)NCCCCCCCCCCC(=O)O)C(OC(C)=O)C(CCOC(C)=O)OC(C)=O. The third-order valence-electron chi connectivity index (χ3n) is 17.8. The lowest BCUT2D eigenvalue weighted by Crippen LogP contribution is -2.66. The van der Waals surface area contributed by atoms with Gasteiger partial charge < -0.3 is 119 Å². The van der Waals surface area contributed by atoms with E-state index in [4.69, 9.17) is 71.4 Å². The predicted molar refractivity (Wildman–Crippen MR) is 409 cm³/mol. The van der Waals surface area contributed by atoms with Crippen LogP contribution < -0.4 is 37.2 Å². The first kappa shape index (κ1) is 105. The number of rotatable bonds is 59. The molecule has 2 rings (SSSR count). The van der Waals surface area contributed by atoms with Crippen LogP contribution in [-0.2, 0) is 153 Å². The Morgan fingerprint density at radius 2 is 0.815 bits per heavy atom. The van der Waals surface area contributed by atoms with E-state index in [1.54, 1.807) is 0 Å². The Labute approximate surface area is 691 Å². The van der Waals surface area contributed by atoms with E-state index in [-0.39, 0.29) is 143 Å². The quantitative estimate of drug-likeness (QED) is 0.0174. The van der Waals surface area contributed by atoms with Crippen LogP contribution in [0.15, 0.2) is 0 Å². The molecule has 0 aromatic carbocycles. The van der Waals surface area contributed by atoms with E-state index in [1.165, 1.54) is 18.7 Å². The van der Waals surface area contributed by atoms with Crippen LogP contribution in [0.4, 0.5) is 0 Å². The van der Waals surface area contributed by atoms with Gasteiger partial charge in [0.1, 0.15) is 55.7 Å². The first-order valence-electron chi connectivity index (χ1n) is 40.0.